The van der Waals surface area contributed by atoms with Gasteiger partial charge in [-0.2, -0.15) is 0 Å². The second kappa shape index (κ2) is 5.86. The summed E-state index contributed by atoms with van der Waals surface area (Å²) in [4.78, 5) is 0. The molecule has 5 heteroatoms. The zero-order valence-corrected chi connectivity index (χ0v) is 11.1. The van der Waals surface area contributed by atoms with Crippen molar-refractivity contribution in [2.75, 3.05) is 12.4 Å². The van der Waals surface area contributed by atoms with Crippen LogP contribution in [-0.2, 0) is 0 Å². The molecule has 20 heavy (non-hydrogen) atoms. The quantitative estimate of drug-likeness (QED) is 0.902. The summed E-state index contributed by atoms with van der Waals surface area (Å²) in [6.45, 7) is 1.69. The van der Waals surface area contributed by atoms with E-state index in [1.54, 1.807) is 19.1 Å². The van der Waals surface area contributed by atoms with Crippen LogP contribution < -0.4 is 10.1 Å². The number of halogens is 3. The topological polar surface area (TPSA) is 21.3 Å². The van der Waals surface area contributed by atoms with Crippen LogP contribution in [0.5, 0.6) is 5.75 Å². The molecule has 0 saturated heterocycles. The van der Waals surface area contributed by atoms with Gasteiger partial charge in [-0.1, -0.05) is 6.07 Å². The fourth-order valence-electron chi connectivity index (χ4n) is 1.90. The molecule has 2 nitrogen and oxygen atoms in total. The summed E-state index contributed by atoms with van der Waals surface area (Å²) in [5.41, 5.74) is 0.489. The number of hydrogen-bond donors (Lipinski definition) is 1. The van der Waals surface area contributed by atoms with Gasteiger partial charge in [0, 0.05) is 17.7 Å². The molecule has 0 amide bonds. The highest BCUT2D eigenvalue weighted by Crippen LogP contribution is 2.26. The highest BCUT2D eigenvalue weighted by Gasteiger charge is 2.13. The van der Waals surface area contributed by atoms with Gasteiger partial charge < -0.3 is 10.1 Å². The van der Waals surface area contributed by atoms with Crippen molar-refractivity contribution >= 4 is 5.69 Å². The van der Waals surface area contributed by atoms with Crippen molar-refractivity contribution in [2.24, 2.45) is 0 Å². The van der Waals surface area contributed by atoms with Crippen LogP contribution in [0.1, 0.15) is 18.5 Å². The predicted molar refractivity (Wildman–Crippen MR) is 71.3 cm³/mol. The van der Waals surface area contributed by atoms with Crippen molar-refractivity contribution in [3.05, 3.63) is 59.4 Å². The Balaban J connectivity index is 2.21. The second-order valence-electron chi connectivity index (χ2n) is 4.38. The summed E-state index contributed by atoms with van der Waals surface area (Å²) >= 11 is 0. The zero-order chi connectivity index (χ0) is 14.7. The Hall–Kier alpha value is -2.17. The molecule has 0 aliphatic carbocycles. The number of ether oxygens (including phenoxy) is 1. The largest absolute Gasteiger partial charge is 0.497 e. The molecule has 1 N–H and O–H groups in total. The highest BCUT2D eigenvalue weighted by molar-refractivity contribution is 5.47. The molecule has 1 unspecified atom stereocenters. The maximum atomic E-state index is 13.9. The number of rotatable bonds is 4. The van der Waals surface area contributed by atoms with E-state index in [1.165, 1.54) is 19.2 Å². The van der Waals surface area contributed by atoms with Gasteiger partial charge >= 0.3 is 0 Å². The van der Waals surface area contributed by atoms with Gasteiger partial charge in [-0.05, 0) is 25.1 Å². The molecule has 2 rings (SSSR count). The number of anilines is 1. The molecular formula is C15H14F3NO. The van der Waals surface area contributed by atoms with Crippen LogP contribution >= 0.6 is 0 Å². The highest BCUT2D eigenvalue weighted by atomic mass is 19.1. The zero-order valence-electron chi connectivity index (χ0n) is 11.1. The van der Waals surface area contributed by atoms with Crippen LogP contribution in [0.4, 0.5) is 18.9 Å². The van der Waals surface area contributed by atoms with E-state index in [0.29, 0.717) is 11.3 Å². The average molecular weight is 281 g/mol. The summed E-state index contributed by atoms with van der Waals surface area (Å²) in [5.74, 6) is -1.42. The molecule has 0 heterocycles. The normalized spacial score (nSPS) is 12.1. The molecule has 0 radical (unpaired) electrons. The molecule has 0 spiro atoms. The molecule has 1 atom stereocenters. The molecule has 0 aromatic heterocycles. The van der Waals surface area contributed by atoms with E-state index in [-0.39, 0.29) is 5.69 Å². The first-order valence-corrected chi connectivity index (χ1v) is 6.06. The van der Waals surface area contributed by atoms with Gasteiger partial charge in [0.1, 0.15) is 23.2 Å². The van der Waals surface area contributed by atoms with Crippen molar-refractivity contribution < 1.29 is 17.9 Å². The molecule has 0 aliphatic heterocycles. The third-order valence-corrected chi connectivity index (χ3v) is 2.98. The first kappa shape index (κ1) is 14.2. The molecule has 0 saturated carbocycles. The molecule has 2 aromatic carbocycles. The monoisotopic (exact) mass is 281 g/mol. The van der Waals surface area contributed by atoms with Crippen LogP contribution in [0.15, 0.2) is 36.4 Å². The van der Waals surface area contributed by atoms with Gasteiger partial charge in [0.25, 0.3) is 0 Å². The SMILES string of the molecule is COc1ccc(C(C)Nc2ccc(F)cc2F)c(F)c1. The van der Waals surface area contributed by atoms with Gasteiger partial charge in [0.2, 0.25) is 0 Å². The van der Waals surface area contributed by atoms with Gasteiger partial charge in [0.15, 0.2) is 0 Å². The van der Waals surface area contributed by atoms with Crippen molar-refractivity contribution in [2.45, 2.75) is 13.0 Å². The summed E-state index contributed by atoms with van der Waals surface area (Å²) in [7, 11) is 1.45. The van der Waals surface area contributed by atoms with Gasteiger partial charge in [-0.15, -0.1) is 0 Å². The van der Waals surface area contributed by atoms with E-state index >= 15 is 0 Å². The lowest BCUT2D eigenvalue weighted by Gasteiger charge is -2.17. The first-order chi connectivity index (χ1) is 9.51. The van der Waals surface area contributed by atoms with Crippen molar-refractivity contribution in [1.29, 1.82) is 0 Å². The number of nitrogens with one attached hydrogen (secondary N) is 1. The maximum Gasteiger partial charge on any atom is 0.149 e. The van der Waals surface area contributed by atoms with Crippen molar-refractivity contribution in [3.8, 4) is 5.75 Å². The number of hydrogen-bond acceptors (Lipinski definition) is 2. The van der Waals surface area contributed by atoms with Crippen LogP contribution in [0.3, 0.4) is 0 Å². The number of benzene rings is 2. The van der Waals surface area contributed by atoms with E-state index in [9.17, 15) is 13.2 Å². The summed E-state index contributed by atoms with van der Waals surface area (Å²) in [6, 6.07) is 7.17. The lowest BCUT2D eigenvalue weighted by Crippen LogP contribution is -2.10. The van der Waals surface area contributed by atoms with E-state index in [4.69, 9.17) is 4.74 Å². The Kier molecular flexibility index (Phi) is 4.17. The van der Waals surface area contributed by atoms with E-state index in [0.717, 1.165) is 12.1 Å². The molecule has 0 fully saturated rings. The summed E-state index contributed by atoms with van der Waals surface area (Å²) < 4.78 is 45.1. The standard InChI is InChI=1S/C15H14F3NO/c1-9(12-5-4-11(20-2)8-13(12)17)19-15-6-3-10(16)7-14(15)18/h3-9,19H,1-2H3. The van der Waals surface area contributed by atoms with Gasteiger partial charge in [0.05, 0.1) is 18.8 Å². The van der Waals surface area contributed by atoms with Gasteiger partial charge in [-0.25, -0.2) is 13.2 Å². The molecule has 2 aromatic rings. The first-order valence-electron chi connectivity index (χ1n) is 6.06. The lowest BCUT2D eigenvalue weighted by molar-refractivity contribution is 0.410. The van der Waals surface area contributed by atoms with Crippen LogP contribution in [-0.4, -0.2) is 7.11 Å². The fraction of sp³-hybridized carbons (Fsp3) is 0.200. The predicted octanol–water partition coefficient (Wildman–Crippen LogP) is 4.29. The van der Waals surface area contributed by atoms with E-state index in [1.807, 2.05) is 0 Å². The minimum atomic E-state index is -0.717. The summed E-state index contributed by atoms with van der Waals surface area (Å²) in [5, 5.41) is 2.81. The van der Waals surface area contributed by atoms with Crippen LogP contribution in [0, 0.1) is 17.5 Å². The Morgan fingerprint density at radius 1 is 1.00 bits per heavy atom. The Morgan fingerprint density at radius 2 is 1.75 bits per heavy atom. The third kappa shape index (κ3) is 3.04. The Morgan fingerprint density at radius 3 is 2.35 bits per heavy atom. The molecular weight excluding hydrogens is 267 g/mol. The van der Waals surface area contributed by atoms with Crippen LogP contribution in [0.2, 0.25) is 0 Å². The van der Waals surface area contributed by atoms with Crippen molar-refractivity contribution in [3.63, 3.8) is 0 Å². The molecule has 106 valence electrons. The second-order valence-corrected chi connectivity index (χ2v) is 4.38. The smallest absolute Gasteiger partial charge is 0.149 e. The Bertz CT molecular complexity index is 616. The van der Waals surface area contributed by atoms with Crippen LogP contribution in [0.25, 0.3) is 0 Å². The molecule has 0 aliphatic rings. The van der Waals surface area contributed by atoms with Gasteiger partial charge in [-0.3, -0.25) is 0 Å². The lowest BCUT2D eigenvalue weighted by atomic mass is 10.1. The van der Waals surface area contributed by atoms with E-state index in [2.05, 4.69) is 5.32 Å². The number of methoxy groups -OCH3 is 1. The third-order valence-electron chi connectivity index (χ3n) is 2.98. The molecule has 0 bridgehead atoms. The maximum absolute atomic E-state index is 13.9. The minimum Gasteiger partial charge on any atom is -0.497 e. The van der Waals surface area contributed by atoms with E-state index < -0.39 is 23.5 Å². The van der Waals surface area contributed by atoms with Crippen molar-refractivity contribution in [1.82, 2.24) is 0 Å². The average Bonchev–Trinajstić information content (AvgIpc) is 2.41. The fourth-order valence-corrected chi connectivity index (χ4v) is 1.90. The summed E-state index contributed by atoms with van der Waals surface area (Å²) in [6.07, 6.45) is 0. The minimum absolute atomic E-state index is 0.120. The Labute approximate surface area is 115 Å².